The molecule has 0 radical (unpaired) electrons. The number of carbonyl (C=O) groups excluding carboxylic acids is 2. The zero-order valence-electron chi connectivity index (χ0n) is 15.2. The van der Waals surface area contributed by atoms with Crippen LogP contribution in [0.3, 0.4) is 0 Å². The lowest BCUT2D eigenvalue weighted by Gasteiger charge is -2.33. The van der Waals surface area contributed by atoms with Crippen molar-refractivity contribution in [3.05, 3.63) is 35.9 Å². The van der Waals surface area contributed by atoms with E-state index in [1.165, 1.54) is 6.92 Å². The van der Waals surface area contributed by atoms with Gasteiger partial charge in [0.2, 0.25) is 11.8 Å². The number of aliphatic carboxylic acids is 1. The third-order valence-electron chi connectivity index (χ3n) is 5.86. The van der Waals surface area contributed by atoms with Crippen molar-refractivity contribution in [3.8, 4) is 0 Å². The van der Waals surface area contributed by atoms with E-state index in [1.807, 2.05) is 35.2 Å². The molecule has 1 aliphatic heterocycles. The number of amides is 2. The number of hydrogen-bond donors (Lipinski definition) is 1. The minimum Gasteiger partial charge on any atom is -0.481 e. The molecule has 1 heterocycles. The molecule has 140 valence electrons. The number of hydrogen-bond acceptors (Lipinski definition) is 3. The molecule has 0 bridgehead atoms. The Bertz CT molecular complexity index is 680. The second kappa shape index (κ2) is 7.48. The fraction of sp³-hybridized carbons (Fsp3) is 0.550. The molecule has 1 N–H and O–H groups in total. The summed E-state index contributed by atoms with van der Waals surface area (Å²) in [6.45, 7) is 3.69. The third-order valence-corrected chi connectivity index (χ3v) is 5.86. The number of carbonyl (C=O) groups is 3. The van der Waals surface area contributed by atoms with Crippen molar-refractivity contribution in [3.63, 3.8) is 0 Å². The van der Waals surface area contributed by atoms with Crippen molar-refractivity contribution < 1.29 is 19.5 Å². The Morgan fingerprint density at radius 2 is 1.85 bits per heavy atom. The molecule has 1 aliphatic carbocycles. The van der Waals surface area contributed by atoms with E-state index < -0.39 is 5.97 Å². The molecule has 1 aromatic rings. The number of rotatable bonds is 6. The molecule has 1 aromatic carbocycles. The average Bonchev–Trinajstić information content (AvgIpc) is 3.33. The Morgan fingerprint density at radius 3 is 2.38 bits per heavy atom. The number of nitrogens with zero attached hydrogens (tertiary/aromatic N) is 2. The molecule has 2 aliphatic rings. The number of carboxylic acid groups (broad SMARTS) is 1. The smallest absolute Gasteiger partial charge is 0.307 e. The van der Waals surface area contributed by atoms with Crippen LogP contribution in [-0.2, 0) is 20.9 Å². The molecular weight excluding hydrogens is 332 g/mol. The van der Waals surface area contributed by atoms with E-state index in [1.54, 1.807) is 4.90 Å². The summed E-state index contributed by atoms with van der Waals surface area (Å²) in [5.74, 6) is -0.921. The molecule has 2 amide bonds. The van der Waals surface area contributed by atoms with E-state index in [9.17, 15) is 14.4 Å². The highest BCUT2D eigenvalue weighted by Gasteiger charge is 2.59. The van der Waals surface area contributed by atoms with Gasteiger partial charge in [-0.15, -0.1) is 0 Å². The maximum atomic E-state index is 12.5. The van der Waals surface area contributed by atoms with Gasteiger partial charge in [-0.25, -0.2) is 0 Å². The van der Waals surface area contributed by atoms with Gasteiger partial charge in [0.25, 0.3) is 0 Å². The summed E-state index contributed by atoms with van der Waals surface area (Å²) in [6.07, 6.45) is 2.60. The highest BCUT2D eigenvalue weighted by atomic mass is 16.4. The van der Waals surface area contributed by atoms with Crippen LogP contribution >= 0.6 is 0 Å². The zero-order valence-corrected chi connectivity index (χ0v) is 15.2. The van der Waals surface area contributed by atoms with Crippen LogP contribution in [0.15, 0.2) is 30.3 Å². The molecule has 6 nitrogen and oxygen atoms in total. The molecule has 0 aromatic heterocycles. The number of benzene rings is 1. The minimum atomic E-state index is -0.706. The summed E-state index contributed by atoms with van der Waals surface area (Å²) < 4.78 is 0. The Morgan fingerprint density at radius 1 is 1.19 bits per heavy atom. The fourth-order valence-electron chi connectivity index (χ4n) is 3.99. The average molecular weight is 358 g/mol. The highest BCUT2D eigenvalue weighted by Crippen LogP contribution is 2.59. The van der Waals surface area contributed by atoms with Gasteiger partial charge >= 0.3 is 5.97 Å². The summed E-state index contributed by atoms with van der Waals surface area (Å²) in [6, 6.07) is 9.74. The molecular formula is C20H26N2O4. The lowest BCUT2D eigenvalue weighted by atomic mass is 9.90. The van der Waals surface area contributed by atoms with Crippen LogP contribution in [0.25, 0.3) is 0 Å². The van der Waals surface area contributed by atoms with Crippen LogP contribution in [0.1, 0.15) is 38.2 Å². The SMILES string of the molecule is CC(=O)N(CCC(=O)N1CCC2(CC1)CC2C(=O)O)Cc1ccccc1. The monoisotopic (exact) mass is 358 g/mol. The maximum absolute atomic E-state index is 12.5. The summed E-state index contributed by atoms with van der Waals surface area (Å²) >= 11 is 0. The van der Waals surface area contributed by atoms with Crippen molar-refractivity contribution in [2.45, 2.75) is 39.2 Å². The van der Waals surface area contributed by atoms with E-state index in [0.717, 1.165) is 24.8 Å². The van der Waals surface area contributed by atoms with Crippen molar-refractivity contribution in [1.29, 1.82) is 0 Å². The van der Waals surface area contributed by atoms with E-state index in [0.29, 0.717) is 32.6 Å². The maximum Gasteiger partial charge on any atom is 0.307 e. The molecule has 26 heavy (non-hydrogen) atoms. The van der Waals surface area contributed by atoms with Gasteiger partial charge in [0, 0.05) is 39.5 Å². The summed E-state index contributed by atoms with van der Waals surface area (Å²) in [5.41, 5.74) is 0.977. The summed E-state index contributed by atoms with van der Waals surface area (Å²) in [4.78, 5) is 39.0. The van der Waals surface area contributed by atoms with Gasteiger partial charge in [-0.05, 0) is 30.2 Å². The van der Waals surface area contributed by atoms with Crippen LogP contribution < -0.4 is 0 Å². The Balaban J connectivity index is 1.47. The van der Waals surface area contributed by atoms with E-state index >= 15 is 0 Å². The largest absolute Gasteiger partial charge is 0.481 e. The molecule has 3 rings (SSSR count). The third kappa shape index (κ3) is 4.06. The number of carboxylic acids is 1. The predicted molar refractivity (Wildman–Crippen MR) is 96.1 cm³/mol. The van der Waals surface area contributed by atoms with Crippen molar-refractivity contribution >= 4 is 17.8 Å². The lowest BCUT2D eigenvalue weighted by molar-refractivity contribution is -0.139. The van der Waals surface area contributed by atoms with Crippen molar-refractivity contribution in [2.24, 2.45) is 11.3 Å². The van der Waals surface area contributed by atoms with E-state index in [4.69, 9.17) is 5.11 Å². The first-order chi connectivity index (χ1) is 12.4. The number of piperidine rings is 1. The van der Waals surface area contributed by atoms with Crippen molar-refractivity contribution in [1.82, 2.24) is 9.80 Å². The number of likely N-dealkylation sites (tertiary alicyclic amines) is 1. The van der Waals surface area contributed by atoms with Gasteiger partial charge in [-0.1, -0.05) is 30.3 Å². The van der Waals surface area contributed by atoms with Crippen LogP contribution in [0.2, 0.25) is 0 Å². The van der Waals surface area contributed by atoms with Gasteiger partial charge in [0.15, 0.2) is 0 Å². The standard InChI is InChI=1S/C20H26N2O4/c1-15(23)22(14-16-5-3-2-4-6-16)10-7-18(24)21-11-8-20(9-12-21)13-17(20)19(25)26/h2-6,17H,7-14H2,1H3,(H,25,26). The molecule has 1 unspecified atom stereocenters. The minimum absolute atomic E-state index is 0.0402. The van der Waals surface area contributed by atoms with Gasteiger partial charge < -0.3 is 14.9 Å². The van der Waals surface area contributed by atoms with Crippen molar-refractivity contribution in [2.75, 3.05) is 19.6 Å². The Kier molecular flexibility index (Phi) is 5.30. The molecule has 1 saturated carbocycles. The van der Waals surface area contributed by atoms with Crippen LogP contribution in [0.5, 0.6) is 0 Å². The first-order valence-electron chi connectivity index (χ1n) is 9.21. The van der Waals surface area contributed by atoms with Gasteiger partial charge in [-0.3, -0.25) is 14.4 Å². The highest BCUT2D eigenvalue weighted by molar-refractivity contribution is 5.79. The molecule has 1 atom stereocenters. The van der Waals surface area contributed by atoms with E-state index in [2.05, 4.69) is 0 Å². The molecule has 2 fully saturated rings. The Labute approximate surface area is 153 Å². The van der Waals surface area contributed by atoms with Crippen LogP contribution in [0.4, 0.5) is 0 Å². The van der Waals surface area contributed by atoms with Gasteiger partial charge in [-0.2, -0.15) is 0 Å². The topological polar surface area (TPSA) is 77.9 Å². The lowest BCUT2D eigenvalue weighted by Crippen LogP contribution is -2.41. The second-order valence-electron chi connectivity index (χ2n) is 7.51. The summed E-state index contributed by atoms with van der Waals surface area (Å²) in [7, 11) is 0. The first kappa shape index (κ1) is 18.4. The van der Waals surface area contributed by atoms with Gasteiger partial charge in [0.1, 0.15) is 0 Å². The van der Waals surface area contributed by atoms with Gasteiger partial charge in [0.05, 0.1) is 5.92 Å². The quantitative estimate of drug-likeness (QED) is 0.845. The predicted octanol–water partition coefficient (Wildman–Crippen LogP) is 2.14. The van der Waals surface area contributed by atoms with Crippen LogP contribution in [-0.4, -0.2) is 52.3 Å². The first-order valence-corrected chi connectivity index (χ1v) is 9.21. The normalized spacial score (nSPS) is 20.7. The fourth-order valence-corrected chi connectivity index (χ4v) is 3.99. The van der Waals surface area contributed by atoms with E-state index in [-0.39, 0.29) is 23.1 Å². The second-order valence-corrected chi connectivity index (χ2v) is 7.51. The van der Waals surface area contributed by atoms with Crippen LogP contribution in [0, 0.1) is 11.3 Å². The molecule has 1 saturated heterocycles. The zero-order chi connectivity index (χ0) is 18.7. The Hall–Kier alpha value is -2.37. The molecule has 1 spiro atoms. The molecule has 6 heteroatoms. The summed E-state index contributed by atoms with van der Waals surface area (Å²) in [5, 5.41) is 9.15.